The SMILES string of the molecule is O=C1[C@H]2[C@H](C(=O)N1c1c(Cl)cccc1Cl)N1CCCN1[C@H]2c1ccc(Cl)cc1. The van der Waals surface area contributed by atoms with Crippen LogP contribution in [0.15, 0.2) is 42.5 Å². The van der Waals surface area contributed by atoms with E-state index < -0.39 is 12.0 Å². The third kappa shape index (κ3) is 2.54. The van der Waals surface area contributed by atoms with Crippen LogP contribution in [0.2, 0.25) is 15.1 Å². The molecule has 0 unspecified atom stereocenters. The minimum atomic E-state index is -0.539. The van der Waals surface area contributed by atoms with Crippen molar-refractivity contribution in [3.63, 3.8) is 0 Å². The molecule has 3 saturated heterocycles. The number of amides is 2. The molecule has 2 amide bonds. The number of fused-ring (bicyclic) bond motifs is 3. The minimum Gasteiger partial charge on any atom is -0.274 e. The second-order valence-corrected chi connectivity index (χ2v) is 8.48. The van der Waals surface area contributed by atoms with E-state index in [9.17, 15) is 9.59 Å². The maximum atomic E-state index is 13.5. The van der Waals surface area contributed by atoms with E-state index in [-0.39, 0.29) is 33.6 Å². The number of para-hydroxylation sites is 1. The fourth-order valence-corrected chi connectivity index (χ4v) is 5.39. The second-order valence-electron chi connectivity index (χ2n) is 7.23. The predicted octanol–water partition coefficient (Wildman–Crippen LogP) is 4.18. The molecule has 0 saturated carbocycles. The fraction of sp³-hybridized carbons (Fsp3) is 0.300. The highest BCUT2D eigenvalue weighted by Crippen LogP contribution is 2.50. The summed E-state index contributed by atoms with van der Waals surface area (Å²) in [5.41, 5.74) is 1.24. The Morgan fingerprint density at radius 3 is 2.04 bits per heavy atom. The second kappa shape index (κ2) is 6.71. The average Bonchev–Trinajstić information content (AvgIpc) is 3.30. The molecule has 28 heavy (non-hydrogen) atoms. The predicted molar refractivity (Wildman–Crippen MR) is 108 cm³/mol. The maximum Gasteiger partial charge on any atom is 0.253 e. The van der Waals surface area contributed by atoms with Gasteiger partial charge in [-0.15, -0.1) is 0 Å². The molecule has 0 bridgehead atoms. The summed E-state index contributed by atoms with van der Waals surface area (Å²) < 4.78 is 0. The molecule has 0 radical (unpaired) electrons. The molecular formula is C20H16Cl3N3O2. The third-order valence-electron chi connectivity index (χ3n) is 5.78. The van der Waals surface area contributed by atoms with E-state index in [1.54, 1.807) is 18.2 Å². The molecule has 2 aromatic rings. The van der Waals surface area contributed by atoms with E-state index in [1.807, 2.05) is 29.3 Å². The lowest BCUT2D eigenvalue weighted by Gasteiger charge is -2.30. The van der Waals surface area contributed by atoms with Crippen LogP contribution in [0.4, 0.5) is 5.69 Å². The van der Waals surface area contributed by atoms with Crippen LogP contribution in [0, 0.1) is 5.92 Å². The lowest BCUT2D eigenvalue weighted by Crippen LogP contribution is -2.44. The number of hydrogen-bond acceptors (Lipinski definition) is 4. The van der Waals surface area contributed by atoms with Crippen LogP contribution in [0.3, 0.4) is 0 Å². The third-order valence-corrected chi connectivity index (χ3v) is 6.64. The van der Waals surface area contributed by atoms with Crippen molar-refractivity contribution < 1.29 is 9.59 Å². The van der Waals surface area contributed by atoms with Crippen molar-refractivity contribution in [1.29, 1.82) is 0 Å². The zero-order valence-electron chi connectivity index (χ0n) is 14.7. The van der Waals surface area contributed by atoms with E-state index in [0.29, 0.717) is 5.02 Å². The van der Waals surface area contributed by atoms with Crippen LogP contribution in [0.5, 0.6) is 0 Å². The number of carbonyl (C=O) groups is 2. The zero-order chi connectivity index (χ0) is 19.6. The Kier molecular flexibility index (Phi) is 4.41. The molecule has 144 valence electrons. The highest BCUT2D eigenvalue weighted by atomic mass is 35.5. The number of imide groups is 1. The standard InChI is InChI=1S/C20H16Cl3N3O2/c21-12-7-5-11(6-8-12)16-15-18(25-10-2-9-24(16)25)20(28)26(19(15)27)17-13(22)3-1-4-14(17)23/h1,3-8,15-16,18H,2,9-10H2/t15-,16+,18-/m1/s1. The van der Waals surface area contributed by atoms with Crippen molar-refractivity contribution in [2.75, 3.05) is 18.0 Å². The van der Waals surface area contributed by atoms with Crippen molar-refractivity contribution in [3.05, 3.63) is 63.1 Å². The topological polar surface area (TPSA) is 43.9 Å². The fourth-order valence-electron chi connectivity index (χ4n) is 4.70. The average molecular weight is 437 g/mol. The maximum absolute atomic E-state index is 13.5. The summed E-state index contributed by atoms with van der Waals surface area (Å²) in [6.45, 7) is 1.56. The van der Waals surface area contributed by atoms with Gasteiger partial charge >= 0.3 is 0 Å². The van der Waals surface area contributed by atoms with Gasteiger partial charge in [0.05, 0.1) is 27.7 Å². The molecule has 5 nitrogen and oxygen atoms in total. The Labute approximate surface area is 177 Å². The number of halogens is 3. The number of nitrogens with zero attached hydrogens (tertiary/aromatic N) is 3. The first-order chi connectivity index (χ1) is 13.5. The van der Waals surface area contributed by atoms with Gasteiger partial charge in [0.15, 0.2) is 0 Å². The Bertz CT molecular complexity index is 961. The van der Waals surface area contributed by atoms with Crippen LogP contribution in [-0.2, 0) is 9.59 Å². The molecule has 0 aliphatic carbocycles. The van der Waals surface area contributed by atoms with Gasteiger partial charge in [-0.3, -0.25) is 9.59 Å². The van der Waals surface area contributed by atoms with Crippen LogP contribution < -0.4 is 4.90 Å². The van der Waals surface area contributed by atoms with Crippen LogP contribution in [-0.4, -0.2) is 41.0 Å². The van der Waals surface area contributed by atoms with Crippen molar-refractivity contribution in [1.82, 2.24) is 10.0 Å². The largest absolute Gasteiger partial charge is 0.274 e. The van der Waals surface area contributed by atoms with Gasteiger partial charge in [-0.05, 0) is 36.2 Å². The molecule has 3 aliphatic rings. The summed E-state index contributed by atoms with van der Waals surface area (Å²) in [6, 6.07) is 11.7. The Morgan fingerprint density at radius 1 is 0.786 bits per heavy atom. The van der Waals surface area contributed by atoms with Gasteiger partial charge in [0.2, 0.25) is 5.91 Å². The summed E-state index contributed by atoms with van der Waals surface area (Å²) >= 11 is 18.7. The van der Waals surface area contributed by atoms with Crippen molar-refractivity contribution in [3.8, 4) is 0 Å². The summed E-state index contributed by atoms with van der Waals surface area (Å²) in [6.07, 6.45) is 0.946. The van der Waals surface area contributed by atoms with Gasteiger partial charge in [0.25, 0.3) is 5.91 Å². The highest BCUT2D eigenvalue weighted by molar-refractivity contribution is 6.42. The Balaban J connectivity index is 1.62. The molecular weight excluding hydrogens is 421 g/mol. The number of carbonyl (C=O) groups excluding carboxylic acids is 2. The normalized spacial score (nSPS) is 27.5. The monoisotopic (exact) mass is 435 g/mol. The molecule has 3 atom stereocenters. The molecule has 0 aromatic heterocycles. The van der Waals surface area contributed by atoms with Gasteiger partial charge in [0, 0.05) is 18.1 Å². The van der Waals surface area contributed by atoms with Crippen molar-refractivity contribution in [2.24, 2.45) is 5.92 Å². The number of rotatable bonds is 2. The van der Waals surface area contributed by atoms with Gasteiger partial charge in [-0.2, -0.15) is 0 Å². The highest BCUT2D eigenvalue weighted by Gasteiger charge is 2.63. The smallest absolute Gasteiger partial charge is 0.253 e. The van der Waals surface area contributed by atoms with Gasteiger partial charge in [0.1, 0.15) is 6.04 Å². The molecule has 5 rings (SSSR count). The summed E-state index contributed by atoms with van der Waals surface area (Å²) in [5.74, 6) is -1.05. The first-order valence-corrected chi connectivity index (χ1v) is 10.2. The summed E-state index contributed by atoms with van der Waals surface area (Å²) in [7, 11) is 0. The molecule has 2 aromatic carbocycles. The Morgan fingerprint density at radius 2 is 1.39 bits per heavy atom. The zero-order valence-corrected chi connectivity index (χ0v) is 17.0. The minimum absolute atomic E-state index is 0.215. The Hall–Kier alpha value is -1.63. The van der Waals surface area contributed by atoms with E-state index in [4.69, 9.17) is 34.8 Å². The first kappa shape index (κ1) is 18.4. The van der Waals surface area contributed by atoms with Crippen LogP contribution >= 0.6 is 34.8 Å². The number of hydrogen-bond donors (Lipinski definition) is 0. The lowest BCUT2D eigenvalue weighted by molar-refractivity contribution is -0.126. The number of anilines is 1. The van der Waals surface area contributed by atoms with E-state index in [1.165, 1.54) is 4.90 Å². The molecule has 3 heterocycles. The van der Waals surface area contributed by atoms with Gasteiger partial charge in [-0.25, -0.2) is 14.9 Å². The van der Waals surface area contributed by atoms with Gasteiger partial charge < -0.3 is 0 Å². The first-order valence-electron chi connectivity index (χ1n) is 9.09. The molecule has 0 N–H and O–H groups in total. The summed E-state index contributed by atoms with van der Waals surface area (Å²) in [5, 5.41) is 5.40. The van der Waals surface area contributed by atoms with Crippen LogP contribution in [0.1, 0.15) is 18.0 Å². The lowest BCUT2D eigenvalue weighted by atomic mass is 9.90. The number of hydrazine groups is 1. The van der Waals surface area contributed by atoms with Gasteiger partial charge in [-0.1, -0.05) is 53.0 Å². The quantitative estimate of drug-likeness (QED) is 0.663. The molecule has 3 fully saturated rings. The van der Waals surface area contributed by atoms with Crippen molar-refractivity contribution in [2.45, 2.75) is 18.5 Å². The molecule has 0 spiro atoms. The molecule has 3 aliphatic heterocycles. The molecule has 8 heteroatoms. The van der Waals surface area contributed by atoms with E-state index >= 15 is 0 Å². The number of benzene rings is 2. The van der Waals surface area contributed by atoms with Crippen LogP contribution in [0.25, 0.3) is 0 Å². The summed E-state index contributed by atoms with van der Waals surface area (Å²) in [4.78, 5) is 28.0. The van der Waals surface area contributed by atoms with E-state index in [2.05, 4.69) is 5.01 Å². The van der Waals surface area contributed by atoms with E-state index in [0.717, 1.165) is 25.1 Å². The van der Waals surface area contributed by atoms with Crippen molar-refractivity contribution >= 4 is 52.3 Å².